The highest BCUT2D eigenvalue weighted by Crippen LogP contribution is 2.33. The molecule has 3 rings (SSSR count). The maximum absolute atomic E-state index is 12.7. The lowest BCUT2D eigenvalue weighted by Gasteiger charge is -2.16. The van der Waals surface area contributed by atoms with Gasteiger partial charge in [0, 0.05) is 5.69 Å². The fourth-order valence-electron chi connectivity index (χ4n) is 2.49. The Balaban J connectivity index is 1.68. The summed E-state index contributed by atoms with van der Waals surface area (Å²) in [5, 5.41) is 4.26. The van der Waals surface area contributed by atoms with E-state index in [1.807, 2.05) is 25.1 Å². The molecule has 0 spiro atoms. The van der Waals surface area contributed by atoms with Crippen molar-refractivity contribution in [2.45, 2.75) is 13.3 Å². The number of urea groups is 1. The summed E-state index contributed by atoms with van der Waals surface area (Å²) in [5.74, 6) is 0.300. The number of anilines is 1. The average molecular weight is 561 g/mol. The normalized spacial score (nSPS) is 14.8. The third kappa shape index (κ3) is 6.14. The third-order valence-corrected chi connectivity index (χ3v) is 6.56. The first kappa shape index (κ1) is 23.9. The van der Waals surface area contributed by atoms with Crippen molar-refractivity contribution in [1.82, 2.24) is 10.4 Å². The van der Waals surface area contributed by atoms with Crippen LogP contribution in [0.1, 0.15) is 18.9 Å². The number of halogens is 3. The van der Waals surface area contributed by atoms with Crippen LogP contribution < -0.4 is 15.5 Å². The Morgan fingerprint density at radius 3 is 2.71 bits per heavy atom. The van der Waals surface area contributed by atoms with Gasteiger partial charge in [0.05, 0.1) is 26.0 Å². The van der Waals surface area contributed by atoms with Crippen molar-refractivity contribution in [2.24, 2.45) is 0 Å². The number of ether oxygens (including phenoxy) is 1. The number of hydrogen-bond donors (Lipinski definition) is 2. The first-order valence-electron chi connectivity index (χ1n) is 9.01. The summed E-state index contributed by atoms with van der Waals surface area (Å²) in [6.45, 7) is 2.65. The number of benzene rings is 2. The van der Waals surface area contributed by atoms with E-state index in [-0.39, 0.29) is 4.32 Å². The Morgan fingerprint density at radius 2 is 2.03 bits per heavy atom. The van der Waals surface area contributed by atoms with Gasteiger partial charge in [0.15, 0.2) is 4.32 Å². The van der Waals surface area contributed by atoms with Crippen LogP contribution in [0.3, 0.4) is 0 Å². The lowest BCUT2D eigenvalue weighted by Crippen LogP contribution is -2.46. The molecule has 2 N–H and O–H groups in total. The maximum Gasteiger partial charge on any atom is 0.338 e. The second-order valence-corrected chi connectivity index (χ2v) is 9.59. The summed E-state index contributed by atoms with van der Waals surface area (Å²) in [4.78, 5) is 25.4. The Hall–Kier alpha value is -1.78. The fraction of sp³-hybridized carbons (Fsp3) is 0.150. The van der Waals surface area contributed by atoms with Crippen LogP contribution >= 0.6 is 63.1 Å². The summed E-state index contributed by atoms with van der Waals surface area (Å²) >= 11 is 21.6. The van der Waals surface area contributed by atoms with E-state index >= 15 is 0 Å². The van der Waals surface area contributed by atoms with E-state index in [1.165, 1.54) is 6.07 Å². The van der Waals surface area contributed by atoms with Gasteiger partial charge in [-0.3, -0.25) is 4.79 Å². The smallest absolute Gasteiger partial charge is 0.338 e. The number of rotatable bonds is 6. The largest absolute Gasteiger partial charge is 0.492 e. The van der Waals surface area contributed by atoms with Crippen molar-refractivity contribution in [2.75, 3.05) is 11.9 Å². The second-order valence-electron chi connectivity index (χ2n) is 6.25. The number of carbonyl (C=O) groups is 2. The molecule has 11 heteroatoms. The highest BCUT2D eigenvalue weighted by molar-refractivity contribution is 9.10. The van der Waals surface area contributed by atoms with Crippen LogP contribution in [0.15, 0.2) is 45.8 Å². The minimum Gasteiger partial charge on any atom is -0.492 e. The van der Waals surface area contributed by atoms with Crippen molar-refractivity contribution in [1.29, 1.82) is 0 Å². The van der Waals surface area contributed by atoms with Crippen LogP contribution in [0.5, 0.6) is 5.75 Å². The van der Waals surface area contributed by atoms with Gasteiger partial charge in [0.1, 0.15) is 5.75 Å². The Labute approximate surface area is 207 Å². The molecule has 1 heterocycles. The second kappa shape index (κ2) is 10.7. The molecular formula is C20H16BrCl2N3O3S2. The number of hydrazine groups is 1. The van der Waals surface area contributed by atoms with E-state index in [1.54, 1.807) is 18.2 Å². The molecule has 0 bridgehead atoms. The number of thiocarbonyl (C=S) groups is 1. The number of carbonyl (C=O) groups excluding carboxylic acids is 2. The van der Waals surface area contributed by atoms with Gasteiger partial charge < -0.3 is 10.1 Å². The predicted molar refractivity (Wildman–Crippen MR) is 134 cm³/mol. The summed E-state index contributed by atoms with van der Waals surface area (Å²) in [7, 11) is 0. The maximum atomic E-state index is 12.7. The summed E-state index contributed by atoms with van der Waals surface area (Å²) in [5.41, 5.74) is 3.65. The molecule has 1 aliphatic heterocycles. The monoisotopic (exact) mass is 559 g/mol. The predicted octanol–water partition coefficient (Wildman–Crippen LogP) is 6.48. The number of nitrogens with zero attached hydrogens (tertiary/aromatic N) is 1. The molecule has 0 aliphatic carbocycles. The standard InChI is InChI=1S/C20H16BrCl2N3O3S2/c1-2-7-29-16-6-3-11(8-13(16)21)9-17-18(27)26(20(30)31-17)25-19(28)24-12-4-5-14(22)15(23)10-12/h3-6,8-10H,2,7H2,1H3,(H2,24,25,28)/b17-9-. The topological polar surface area (TPSA) is 70.7 Å². The minimum absolute atomic E-state index is 0.211. The highest BCUT2D eigenvalue weighted by atomic mass is 79.9. The van der Waals surface area contributed by atoms with Crippen molar-refractivity contribution in [3.63, 3.8) is 0 Å². The van der Waals surface area contributed by atoms with Crippen LogP contribution in [-0.4, -0.2) is 27.9 Å². The molecule has 3 amide bonds. The number of thioether (sulfide) groups is 1. The summed E-state index contributed by atoms with van der Waals surface area (Å²) < 4.78 is 6.63. The molecule has 2 aromatic carbocycles. The molecule has 31 heavy (non-hydrogen) atoms. The van der Waals surface area contributed by atoms with Crippen molar-refractivity contribution in [3.05, 3.63) is 61.4 Å². The molecule has 1 fully saturated rings. The Bertz CT molecular complexity index is 1080. The molecule has 0 aromatic heterocycles. The van der Waals surface area contributed by atoms with Gasteiger partial charge in [-0.05, 0) is 76.5 Å². The van der Waals surface area contributed by atoms with E-state index in [2.05, 4.69) is 26.7 Å². The van der Waals surface area contributed by atoms with Gasteiger partial charge in [0.2, 0.25) is 0 Å². The number of hydrogen-bond acceptors (Lipinski definition) is 5. The molecular weight excluding hydrogens is 545 g/mol. The number of amides is 3. The van der Waals surface area contributed by atoms with Gasteiger partial charge in [0.25, 0.3) is 5.91 Å². The van der Waals surface area contributed by atoms with Gasteiger partial charge in [-0.25, -0.2) is 10.2 Å². The molecule has 1 aliphatic rings. The summed E-state index contributed by atoms with van der Waals surface area (Å²) in [6.07, 6.45) is 2.61. The Morgan fingerprint density at radius 1 is 1.26 bits per heavy atom. The summed E-state index contributed by atoms with van der Waals surface area (Å²) in [6, 6.07) is 9.52. The molecule has 0 radical (unpaired) electrons. The zero-order valence-corrected chi connectivity index (χ0v) is 20.8. The zero-order valence-electron chi connectivity index (χ0n) is 16.1. The lowest BCUT2D eigenvalue weighted by atomic mass is 10.2. The average Bonchev–Trinajstić information content (AvgIpc) is 2.97. The van der Waals surface area contributed by atoms with Crippen LogP contribution in [0.25, 0.3) is 6.08 Å². The van der Waals surface area contributed by atoms with Crippen molar-refractivity contribution in [3.8, 4) is 5.75 Å². The Kier molecular flexibility index (Phi) is 8.23. The van der Waals surface area contributed by atoms with E-state index < -0.39 is 11.9 Å². The van der Waals surface area contributed by atoms with E-state index in [9.17, 15) is 9.59 Å². The first-order chi connectivity index (χ1) is 14.8. The molecule has 0 saturated carbocycles. The number of nitrogens with one attached hydrogen (secondary N) is 2. The van der Waals surface area contributed by atoms with E-state index in [4.69, 9.17) is 40.2 Å². The molecule has 1 saturated heterocycles. The molecule has 6 nitrogen and oxygen atoms in total. The van der Waals surface area contributed by atoms with Crippen LogP contribution in [0, 0.1) is 0 Å². The van der Waals surface area contributed by atoms with E-state index in [0.717, 1.165) is 39.0 Å². The molecule has 0 atom stereocenters. The van der Waals surface area contributed by atoms with Gasteiger partial charge in [-0.1, -0.05) is 48.0 Å². The van der Waals surface area contributed by atoms with Gasteiger partial charge in [-0.15, -0.1) is 0 Å². The lowest BCUT2D eigenvalue weighted by molar-refractivity contribution is -0.123. The van der Waals surface area contributed by atoms with Gasteiger partial charge >= 0.3 is 6.03 Å². The third-order valence-electron chi connectivity index (χ3n) is 3.90. The molecule has 2 aromatic rings. The van der Waals surface area contributed by atoms with Crippen LogP contribution in [0.2, 0.25) is 10.0 Å². The highest BCUT2D eigenvalue weighted by Gasteiger charge is 2.33. The first-order valence-corrected chi connectivity index (χ1v) is 11.8. The SMILES string of the molecule is CCCOc1ccc(/C=C2\SC(=S)N(NC(=O)Nc3ccc(Cl)c(Cl)c3)C2=O)cc1Br. The fourth-order valence-corrected chi connectivity index (χ4v) is 4.47. The quantitative estimate of drug-likeness (QED) is 0.312. The van der Waals surface area contributed by atoms with Crippen LogP contribution in [0.4, 0.5) is 10.5 Å². The minimum atomic E-state index is -0.642. The van der Waals surface area contributed by atoms with Crippen LogP contribution in [-0.2, 0) is 4.79 Å². The van der Waals surface area contributed by atoms with Crippen molar-refractivity contribution < 1.29 is 14.3 Å². The molecule has 162 valence electrons. The van der Waals surface area contributed by atoms with Crippen molar-refractivity contribution >= 4 is 91.1 Å². The zero-order chi connectivity index (χ0) is 22.5. The van der Waals surface area contributed by atoms with Gasteiger partial charge in [-0.2, -0.15) is 5.01 Å². The van der Waals surface area contributed by atoms with E-state index in [0.29, 0.717) is 27.2 Å². The molecule has 0 unspecified atom stereocenters.